The van der Waals surface area contributed by atoms with Crippen molar-refractivity contribution in [2.24, 2.45) is 0 Å². The van der Waals surface area contributed by atoms with Gasteiger partial charge in [0.1, 0.15) is 22.7 Å². The highest BCUT2D eigenvalue weighted by molar-refractivity contribution is 7.27. The van der Waals surface area contributed by atoms with Crippen molar-refractivity contribution in [3.8, 4) is 28.1 Å². The van der Waals surface area contributed by atoms with E-state index in [1.165, 1.54) is 23.7 Å². The summed E-state index contributed by atoms with van der Waals surface area (Å²) in [6.45, 7) is 7.66. The van der Waals surface area contributed by atoms with Crippen molar-refractivity contribution >= 4 is 47.6 Å². The maximum absolute atomic E-state index is 15.1. The number of benzene rings is 2. The lowest BCUT2D eigenvalue weighted by molar-refractivity contribution is 0.231. The molecule has 8 nitrogen and oxygen atoms in total. The lowest BCUT2D eigenvalue weighted by Crippen LogP contribution is -2.22. The number of nitrogens with two attached hydrogens (primary N) is 1. The zero-order chi connectivity index (χ0) is 29.7. The lowest BCUT2D eigenvalue weighted by Gasteiger charge is -2.21. The Labute approximate surface area is 248 Å². The number of nitrogen functional groups attached to an aromatic ring is 1. The fourth-order valence-corrected chi connectivity index (χ4v) is 6.62. The second kappa shape index (κ2) is 10.9. The van der Waals surface area contributed by atoms with Gasteiger partial charge in [-0.2, -0.15) is 5.10 Å². The van der Waals surface area contributed by atoms with Crippen molar-refractivity contribution in [1.29, 1.82) is 0 Å². The summed E-state index contributed by atoms with van der Waals surface area (Å²) in [5.41, 5.74) is 10.9. The van der Waals surface area contributed by atoms with Crippen molar-refractivity contribution in [3.63, 3.8) is 0 Å². The van der Waals surface area contributed by atoms with Gasteiger partial charge in [0.15, 0.2) is 17.2 Å². The van der Waals surface area contributed by atoms with Crippen molar-refractivity contribution in [3.05, 3.63) is 87.7 Å². The van der Waals surface area contributed by atoms with Crippen LogP contribution in [0, 0.1) is 12.7 Å². The summed E-state index contributed by atoms with van der Waals surface area (Å²) in [5, 5.41) is 8.45. The molecule has 6 rings (SSSR count). The Morgan fingerprint density at radius 1 is 1.12 bits per heavy atom. The SMILES string of the molecule is CC[C@@H](c1cc2scc(C)n2c(=O)c1-c1cccc(P)c1)n1nc(-c2ccc(OC(C)C)c(F)c2)c2c(N)ncnc21. The smallest absolute Gasteiger partial charge is 0.264 e. The molecule has 0 aliphatic heterocycles. The van der Waals surface area contributed by atoms with Gasteiger partial charge in [-0.3, -0.25) is 9.20 Å². The quantitative estimate of drug-likeness (QED) is 0.221. The Balaban J connectivity index is 1.61. The van der Waals surface area contributed by atoms with Gasteiger partial charge in [-0.25, -0.2) is 19.0 Å². The van der Waals surface area contributed by atoms with E-state index in [2.05, 4.69) is 25.3 Å². The van der Waals surface area contributed by atoms with Crippen molar-refractivity contribution < 1.29 is 9.13 Å². The van der Waals surface area contributed by atoms with Gasteiger partial charge in [-0.1, -0.05) is 25.1 Å². The first-order valence-electron chi connectivity index (χ1n) is 13.6. The van der Waals surface area contributed by atoms with E-state index in [1.807, 2.05) is 57.3 Å². The van der Waals surface area contributed by atoms with Gasteiger partial charge in [0, 0.05) is 16.6 Å². The van der Waals surface area contributed by atoms with Crippen molar-refractivity contribution in [2.75, 3.05) is 5.73 Å². The molecule has 0 spiro atoms. The highest BCUT2D eigenvalue weighted by Gasteiger charge is 2.27. The zero-order valence-electron chi connectivity index (χ0n) is 23.6. The molecule has 4 heterocycles. The van der Waals surface area contributed by atoms with Crippen LogP contribution in [0.3, 0.4) is 0 Å². The Morgan fingerprint density at radius 2 is 1.93 bits per heavy atom. The summed E-state index contributed by atoms with van der Waals surface area (Å²) in [7, 11) is 2.70. The summed E-state index contributed by atoms with van der Waals surface area (Å²) in [4.78, 5) is 23.7. The van der Waals surface area contributed by atoms with Gasteiger partial charge < -0.3 is 10.5 Å². The Bertz CT molecular complexity index is 2030. The molecule has 0 fully saturated rings. The number of aryl methyl sites for hydroxylation is 1. The van der Waals surface area contributed by atoms with Crippen LogP contribution in [0.2, 0.25) is 0 Å². The predicted molar refractivity (Wildman–Crippen MR) is 170 cm³/mol. The van der Waals surface area contributed by atoms with Crippen LogP contribution in [-0.4, -0.2) is 30.3 Å². The fourth-order valence-electron chi connectivity index (χ4n) is 5.41. The first-order valence-corrected chi connectivity index (χ1v) is 15.1. The van der Waals surface area contributed by atoms with E-state index < -0.39 is 5.82 Å². The molecule has 214 valence electrons. The molecule has 2 aromatic carbocycles. The number of aromatic nitrogens is 5. The summed E-state index contributed by atoms with van der Waals surface area (Å²) in [6, 6.07) is 14.3. The number of fused-ring (bicyclic) bond motifs is 2. The molecule has 0 bridgehead atoms. The first-order chi connectivity index (χ1) is 20.2. The number of anilines is 1. The van der Waals surface area contributed by atoms with Crippen LogP contribution in [0.15, 0.2) is 65.0 Å². The summed E-state index contributed by atoms with van der Waals surface area (Å²) in [5.74, 6) is -0.106. The van der Waals surface area contributed by atoms with E-state index in [-0.39, 0.29) is 29.3 Å². The molecule has 0 amide bonds. The van der Waals surface area contributed by atoms with E-state index in [0.29, 0.717) is 34.3 Å². The minimum absolute atomic E-state index is 0.0936. The molecule has 11 heteroatoms. The number of pyridine rings is 1. The van der Waals surface area contributed by atoms with E-state index >= 15 is 4.39 Å². The third kappa shape index (κ3) is 4.74. The molecule has 0 saturated carbocycles. The van der Waals surface area contributed by atoms with Crippen LogP contribution in [0.4, 0.5) is 10.2 Å². The second-order valence-electron chi connectivity index (χ2n) is 10.4. The number of hydrogen-bond donors (Lipinski definition) is 1. The molecule has 2 atom stereocenters. The Kier molecular flexibility index (Phi) is 7.29. The van der Waals surface area contributed by atoms with E-state index in [0.717, 1.165) is 27.0 Å². The van der Waals surface area contributed by atoms with E-state index in [1.54, 1.807) is 21.2 Å². The number of thiazole rings is 1. The highest BCUT2D eigenvalue weighted by atomic mass is 32.1. The molecule has 0 saturated heterocycles. The van der Waals surface area contributed by atoms with Crippen molar-refractivity contribution in [2.45, 2.75) is 46.3 Å². The summed E-state index contributed by atoms with van der Waals surface area (Å²) in [6.07, 6.45) is 1.82. The molecule has 6 aromatic rings. The highest BCUT2D eigenvalue weighted by Crippen LogP contribution is 2.38. The summed E-state index contributed by atoms with van der Waals surface area (Å²) < 4.78 is 24.2. The van der Waals surface area contributed by atoms with Crippen LogP contribution in [-0.2, 0) is 0 Å². The van der Waals surface area contributed by atoms with Crippen molar-refractivity contribution in [1.82, 2.24) is 24.1 Å². The average Bonchev–Trinajstić information content (AvgIpc) is 3.52. The number of halogens is 1. The first kappa shape index (κ1) is 28.0. The molecular weight excluding hydrogens is 570 g/mol. The van der Waals surface area contributed by atoms with E-state index in [4.69, 9.17) is 15.6 Å². The average molecular weight is 601 g/mol. The van der Waals surface area contributed by atoms with Gasteiger partial charge in [0.2, 0.25) is 0 Å². The predicted octanol–water partition coefficient (Wildman–Crippen LogP) is 6.15. The third-order valence-electron chi connectivity index (χ3n) is 7.21. The fraction of sp³-hybridized carbons (Fsp3) is 0.226. The van der Waals surface area contributed by atoms with Crippen LogP contribution >= 0.6 is 20.6 Å². The van der Waals surface area contributed by atoms with Gasteiger partial charge in [-0.15, -0.1) is 20.6 Å². The van der Waals surface area contributed by atoms with Gasteiger partial charge >= 0.3 is 0 Å². The lowest BCUT2D eigenvalue weighted by atomic mass is 9.95. The number of nitrogens with zero attached hydrogens (tertiary/aromatic N) is 5. The third-order valence-corrected chi connectivity index (χ3v) is 8.57. The van der Waals surface area contributed by atoms with Gasteiger partial charge in [0.25, 0.3) is 5.56 Å². The van der Waals surface area contributed by atoms with Crippen LogP contribution in [0.1, 0.15) is 44.5 Å². The molecule has 0 aliphatic carbocycles. The molecule has 42 heavy (non-hydrogen) atoms. The molecule has 4 aromatic heterocycles. The van der Waals surface area contributed by atoms with E-state index in [9.17, 15) is 4.79 Å². The molecule has 1 unspecified atom stereocenters. The summed E-state index contributed by atoms with van der Waals surface area (Å²) >= 11 is 1.52. The van der Waals surface area contributed by atoms with Gasteiger partial charge in [0.05, 0.1) is 23.1 Å². The minimum Gasteiger partial charge on any atom is -0.488 e. The largest absolute Gasteiger partial charge is 0.488 e. The molecule has 0 radical (unpaired) electrons. The maximum atomic E-state index is 15.1. The van der Waals surface area contributed by atoms with Gasteiger partial charge in [-0.05, 0) is 74.0 Å². The molecular formula is C31H30FN6O2PS. The zero-order valence-corrected chi connectivity index (χ0v) is 25.6. The number of ether oxygens (including phenoxy) is 1. The van der Waals surface area contributed by atoms with Crippen LogP contribution in [0.25, 0.3) is 38.2 Å². The number of hydrogen-bond acceptors (Lipinski definition) is 7. The normalized spacial score (nSPS) is 12.5. The van der Waals surface area contributed by atoms with Crippen LogP contribution in [0.5, 0.6) is 5.75 Å². The molecule has 2 N–H and O–H groups in total. The maximum Gasteiger partial charge on any atom is 0.264 e. The number of rotatable bonds is 7. The minimum atomic E-state index is -0.502. The monoisotopic (exact) mass is 600 g/mol. The topological polar surface area (TPSA) is 100 Å². The molecule has 0 aliphatic rings. The Hall–Kier alpha value is -4.14. The second-order valence-corrected chi connectivity index (χ2v) is 12.0. The van der Waals surface area contributed by atoms with Crippen LogP contribution < -0.4 is 21.3 Å². The Morgan fingerprint density at radius 3 is 2.64 bits per heavy atom. The standard InChI is InChI=1S/C31H30FN6O2PS/c1-5-23(21-13-25-37(17(4)14-42-25)31(39)26(21)18-7-6-8-20(41)11-18)38-30-27(29(33)34-15-35-30)28(36-38)19-9-10-24(22(32)12-19)40-16(2)3/h6-16,23H,5,41H2,1-4H3,(H2,33,34,35)/t23-/m0/s1.